The predicted octanol–water partition coefficient (Wildman–Crippen LogP) is 0.978. The lowest BCUT2D eigenvalue weighted by molar-refractivity contribution is 0.343. The molecule has 0 unspecified atom stereocenters. The summed E-state index contributed by atoms with van der Waals surface area (Å²) in [5.41, 5.74) is 7.44. The number of aryl methyl sites for hydroxylation is 1. The molecule has 64 valence electrons. The van der Waals surface area contributed by atoms with Crippen LogP contribution in [0.3, 0.4) is 0 Å². The molecule has 0 saturated heterocycles. The molecule has 1 heterocycles. The van der Waals surface area contributed by atoms with Crippen molar-refractivity contribution < 1.29 is 5.11 Å². The second kappa shape index (κ2) is 3.88. The fourth-order valence-electron chi connectivity index (χ4n) is 0.887. The molecule has 0 spiro atoms. The summed E-state index contributed by atoms with van der Waals surface area (Å²) in [6.07, 6.45) is 5.14. The summed E-state index contributed by atoms with van der Waals surface area (Å²) in [7, 11) is 0. The summed E-state index contributed by atoms with van der Waals surface area (Å²) < 4.78 is 0. The highest BCUT2D eigenvalue weighted by atomic mass is 16.2. The Bertz CT molecular complexity index is 295. The Morgan fingerprint density at radius 1 is 1.67 bits per heavy atom. The van der Waals surface area contributed by atoms with Gasteiger partial charge in [0, 0.05) is 6.20 Å². The summed E-state index contributed by atoms with van der Waals surface area (Å²) in [6.45, 7) is 1.95. The van der Waals surface area contributed by atoms with E-state index in [-0.39, 0.29) is 6.61 Å². The fraction of sp³-hybridized carbons (Fsp3) is 0.222. The van der Waals surface area contributed by atoms with Gasteiger partial charge in [0.15, 0.2) is 0 Å². The van der Waals surface area contributed by atoms with Gasteiger partial charge in [-0.3, -0.25) is 0 Å². The summed E-state index contributed by atoms with van der Waals surface area (Å²) in [5.74, 6) is 0.552. The van der Waals surface area contributed by atoms with Crippen molar-refractivity contribution in [2.45, 2.75) is 6.92 Å². The van der Waals surface area contributed by atoms with Crippen LogP contribution in [0, 0.1) is 6.92 Å². The molecular formula is C9H12N2O. The summed E-state index contributed by atoms with van der Waals surface area (Å²) in [4.78, 5) is 3.98. The largest absolute Gasteiger partial charge is 0.392 e. The number of nitrogens with zero attached hydrogens (tertiary/aromatic N) is 1. The van der Waals surface area contributed by atoms with Gasteiger partial charge in [0.25, 0.3) is 0 Å². The number of anilines is 1. The van der Waals surface area contributed by atoms with Gasteiger partial charge >= 0.3 is 0 Å². The minimum Gasteiger partial charge on any atom is -0.392 e. The quantitative estimate of drug-likeness (QED) is 0.685. The van der Waals surface area contributed by atoms with Gasteiger partial charge in [0.1, 0.15) is 5.82 Å². The van der Waals surface area contributed by atoms with E-state index in [1.54, 1.807) is 18.3 Å². The van der Waals surface area contributed by atoms with Gasteiger partial charge in [-0.2, -0.15) is 0 Å². The zero-order chi connectivity index (χ0) is 8.97. The Kier molecular flexibility index (Phi) is 2.82. The van der Waals surface area contributed by atoms with Gasteiger partial charge in [0.2, 0.25) is 0 Å². The first-order chi connectivity index (χ1) is 5.74. The maximum atomic E-state index is 8.52. The Morgan fingerprint density at radius 3 is 3.00 bits per heavy atom. The number of pyridine rings is 1. The first-order valence-electron chi connectivity index (χ1n) is 3.73. The van der Waals surface area contributed by atoms with Gasteiger partial charge in [-0.1, -0.05) is 12.2 Å². The van der Waals surface area contributed by atoms with Gasteiger partial charge in [0.05, 0.1) is 6.61 Å². The molecule has 0 aliphatic heterocycles. The Labute approximate surface area is 71.6 Å². The van der Waals surface area contributed by atoms with Crippen molar-refractivity contribution >= 4 is 11.9 Å². The van der Waals surface area contributed by atoms with E-state index in [2.05, 4.69) is 4.98 Å². The maximum absolute atomic E-state index is 8.52. The zero-order valence-electron chi connectivity index (χ0n) is 6.99. The fourth-order valence-corrected chi connectivity index (χ4v) is 0.887. The number of aromatic nitrogens is 1. The molecule has 0 amide bonds. The van der Waals surface area contributed by atoms with Crippen LogP contribution in [0.5, 0.6) is 0 Å². The number of aliphatic hydroxyl groups is 1. The highest BCUT2D eigenvalue weighted by molar-refractivity contribution is 5.52. The van der Waals surface area contributed by atoms with Crippen molar-refractivity contribution in [3.05, 3.63) is 29.5 Å². The van der Waals surface area contributed by atoms with E-state index in [0.29, 0.717) is 5.82 Å². The van der Waals surface area contributed by atoms with Crippen molar-refractivity contribution in [2.24, 2.45) is 0 Å². The molecule has 3 nitrogen and oxygen atoms in total. The van der Waals surface area contributed by atoms with E-state index < -0.39 is 0 Å². The third-order valence-electron chi connectivity index (χ3n) is 1.56. The van der Waals surface area contributed by atoms with E-state index in [9.17, 15) is 0 Å². The topological polar surface area (TPSA) is 59.1 Å². The van der Waals surface area contributed by atoms with Crippen LogP contribution < -0.4 is 5.73 Å². The SMILES string of the molecule is Cc1cc(C=CCO)cnc1N. The highest BCUT2D eigenvalue weighted by Gasteiger charge is 1.93. The first kappa shape index (κ1) is 8.74. The van der Waals surface area contributed by atoms with Gasteiger partial charge in [-0.15, -0.1) is 0 Å². The van der Waals surface area contributed by atoms with Crippen LogP contribution >= 0.6 is 0 Å². The van der Waals surface area contributed by atoms with Gasteiger partial charge < -0.3 is 10.8 Å². The number of aliphatic hydroxyl groups excluding tert-OH is 1. The van der Waals surface area contributed by atoms with Crippen LogP contribution in [0.4, 0.5) is 5.82 Å². The van der Waals surface area contributed by atoms with Crippen molar-refractivity contribution in [3.8, 4) is 0 Å². The number of rotatable bonds is 2. The van der Waals surface area contributed by atoms with Crippen molar-refractivity contribution in [1.82, 2.24) is 4.98 Å². The molecule has 0 fully saturated rings. The van der Waals surface area contributed by atoms with Crippen molar-refractivity contribution in [3.63, 3.8) is 0 Å². The number of nitrogens with two attached hydrogens (primary N) is 1. The van der Waals surface area contributed by atoms with Gasteiger partial charge in [-0.05, 0) is 24.1 Å². The van der Waals surface area contributed by atoms with Crippen LogP contribution in [-0.2, 0) is 0 Å². The van der Waals surface area contributed by atoms with E-state index >= 15 is 0 Å². The lowest BCUT2D eigenvalue weighted by Crippen LogP contribution is -1.93. The van der Waals surface area contributed by atoms with Crippen LogP contribution in [0.2, 0.25) is 0 Å². The first-order valence-corrected chi connectivity index (χ1v) is 3.73. The molecule has 0 aromatic carbocycles. The molecule has 0 atom stereocenters. The number of hydrogen-bond donors (Lipinski definition) is 2. The second-order valence-corrected chi connectivity index (χ2v) is 2.56. The lowest BCUT2D eigenvalue weighted by Gasteiger charge is -1.98. The minimum atomic E-state index is 0.0451. The Hall–Kier alpha value is -1.35. The Morgan fingerprint density at radius 2 is 2.42 bits per heavy atom. The van der Waals surface area contributed by atoms with Crippen molar-refractivity contribution in [2.75, 3.05) is 12.3 Å². The summed E-state index contributed by atoms with van der Waals surface area (Å²) >= 11 is 0. The van der Waals surface area contributed by atoms with E-state index in [4.69, 9.17) is 10.8 Å². The standard InChI is InChI=1S/C9H12N2O/c1-7-5-8(3-2-4-12)6-11-9(7)10/h2-3,5-6,12H,4H2,1H3,(H2,10,11). The van der Waals surface area contributed by atoms with E-state index in [1.165, 1.54) is 0 Å². The highest BCUT2D eigenvalue weighted by Crippen LogP contribution is 2.09. The van der Waals surface area contributed by atoms with Crippen LogP contribution in [0.25, 0.3) is 6.08 Å². The van der Waals surface area contributed by atoms with Crippen LogP contribution in [0.1, 0.15) is 11.1 Å². The zero-order valence-corrected chi connectivity index (χ0v) is 6.99. The van der Waals surface area contributed by atoms with E-state index in [0.717, 1.165) is 11.1 Å². The molecule has 1 aromatic rings. The van der Waals surface area contributed by atoms with Gasteiger partial charge in [-0.25, -0.2) is 4.98 Å². The molecule has 1 rings (SSSR count). The van der Waals surface area contributed by atoms with Crippen molar-refractivity contribution in [1.29, 1.82) is 0 Å². The molecule has 0 bridgehead atoms. The molecule has 3 heteroatoms. The second-order valence-electron chi connectivity index (χ2n) is 2.56. The smallest absolute Gasteiger partial charge is 0.126 e. The number of nitrogen functional groups attached to an aromatic ring is 1. The predicted molar refractivity (Wildman–Crippen MR) is 49.5 cm³/mol. The average molecular weight is 164 g/mol. The lowest BCUT2D eigenvalue weighted by atomic mass is 10.2. The third kappa shape index (κ3) is 2.07. The molecule has 0 aliphatic carbocycles. The molecule has 3 N–H and O–H groups in total. The molecule has 0 saturated carbocycles. The molecule has 0 radical (unpaired) electrons. The molecular weight excluding hydrogens is 152 g/mol. The molecule has 1 aromatic heterocycles. The summed E-state index contributed by atoms with van der Waals surface area (Å²) in [5, 5.41) is 8.52. The average Bonchev–Trinajstić information content (AvgIpc) is 2.07. The Balaban J connectivity index is 2.89. The minimum absolute atomic E-state index is 0.0451. The van der Waals surface area contributed by atoms with E-state index in [1.807, 2.05) is 13.0 Å². The molecule has 0 aliphatic rings. The monoisotopic (exact) mass is 164 g/mol. The third-order valence-corrected chi connectivity index (χ3v) is 1.56. The normalized spacial score (nSPS) is 10.8. The van der Waals surface area contributed by atoms with Crippen LogP contribution in [0.15, 0.2) is 18.3 Å². The maximum Gasteiger partial charge on any atom is 0.126 e. The van der Waals surface area contributed by atoms with Crippen LogP contribution in [-0.4, -0.2) is 16.7 Å². The molecule has 12 heavy (non-hydrogen) atoms. The number of hydrogen-bond acceptors (Lipinski definition) is 3. The summed E-state index contributed by atoms with van der Waals surface area (Å²) in [6, 6.07) is 1.93.